The molecule has 12 aromatic rings. The van der Waals surface area contributed by atoms with Gasteiger partial charge in [-0.1, -0.05) is 109 Å². The maximum absolute atomic E-state index is 2.79. The molecule has 0 spiro atoms. The molecule has 0 fully saturated rings. The molecule has 8 aromatic carbocycles. The second-order valence-corrected chi connectivity index (χ2v) is 18.3. The van der Waals surface area contributed by atoms with Crippen LogP contribution in [0.1, 0.15) is 22.3 Å². The number of fused-ring (bicyclic) bond motifs is 21. The van der Waals surface area contributed by atoms with Crippen molar-refractivity contribution in [2.45, 2.75) is 27.7 Å². The topological polar surface area (TPSA) is 19.7 Å². The molecule has 6 heteroatoms. The number of nitrogens with zero attached hydrogens (tertiary/aromatic N) is 4. The first kappa shape index (κ1) is 30.8. The highest BCUT2D eigenvalue weighted by molar-refractivity contribution is 6.92. The van der Waals surface area contributed by atoms with Gasteiger partial charge in [0, 0.05) is 65.9 Å². The molecule has 0 atom stereocenters. The van der Waals surface area contributed by atoms with Crippen LogP contribution in [0.15, 0.2) is 133 Å². The van der Waals surface area contributed by atoms with Crippen molar-refractivity contribution in [1.29, 1.82) is 0 Å². The summed E-state index contributed by atoms with van der Waals surface area (Å²) < 4.78 is 10.8. The van der Waals surface area contributed by atoms with Crippen LogP contribution in [0.4, 0.5) is 0 Å². The first-order valence-corrected chi connectivity index (χ1v) is 21.4. The zero-order valence-electron chi connectivity index (χ0n) is 33.6. The fourth-order valence-electron chi connectivity index (χ4n) is 12.9. The minimum Gasteiger partial charge on any atom is -0.374 e. The van der Waals surface area contributed by atoms with Crippen LogP contribution in [0, 0.1) is 27.7 Å². The summed E-state index contributed by atoms with van der Waals surface area (Å²) in [6.07, 6.45) is 0. The Morgan fingerprint density at radius 1 is 0.333 bits per heavy atom. The van der Waals surface area contributed by atoms with E-state index in [4.69, 9.17) is 0 Å². The van der Waals surface area contributed by atoms with Crippen LogP contribution in [0.25, 0.3) is 110 Å². The van der Waals surface area contributed by atoms with Gasteiger partial charge >= 0.3 is 13.7 Å². The van der Waals surface area contributed by atoms with Crippen molar-refractivity contribution in [3.63, 3.8) is 0 Å². The summed E-state index contributed by atoms with van der Waals surface area (Å²) in [5.41, 5.74) is 29.3. The third-order valence-electron chi connectivity index (χ3n) is 15.1. The van der Waals surface area contributed by atoms with E-state index in [1.54, 1.807) is 0 Å². The third-order valence-corrected chi connectivity index (χ3v) is 15.1. The van der Waals surface area contributed by atoms with E-state index in [9.17, 15) is 0 Å². The van der Waals surface area contributed by atoms with Gasteiger partial charge in [0.1, 0.15) is 0 Å². The molecule has 0 saturated carbocycles. The number of hydrogen-bond donors (Lipinski definition) is 0. The fourth-order valence-corrected chi connectivity index (χ4v) is 12.9. The largest absolute Gasteiger partial charge is 0.374 e. The van der Waals surface area contributed by atoms with Gasteiger partial charge in [-0.15, -0.1) is 0 Å². The molecule has 4 aliphatic rings. The standard InChI is InChI=1S/C54H34B2N4/c1-27-11-15-31-37-19-17-33-35-7-5-9-39-49(35)59(55-41-21-13-29(3)25-45(41)57(43(31)23-27)51(37)47(33)55)53-40-10-6-8-36-34-18-20-38-32-16-12-28(2)24-44(32)58-46-26-30(4)14-22-42(46)56(48(34)52(38)58)60(50(36)40)54(39)53/h5-26H,1-4H3. The maximum atomic E-state index is 2.79. The van der Waals surface area contributed by atoms with E-state index in [2.05, 4.69) is 179 Å². The lowest BCUT2D eigenvalue weighted by Crippen LogP contribution is -2.55. The van der Waals surface area contributed by atoms with Crippen molar-refractivity contribution in [2.75, 3.05) is 0 Å². The van der Waals surface area contributed by atoms with Crippen LogP contribution in [0.2, 0.25) is 0 Å². The Bertz CT molecular complexity index is 3860. The highest BCUT2D eigenvalue weighted by Crippen LogP contribution is 2.49. The van der Waals surface area contributed by atoms with Crippen molar-refractivity contribution < 1.29 is 0 Å². The Balaban J connectivity index is 1.12. The molecule has 4 aromatic heterocycles. The monoisotopic (exact) mass is 760 g/mol. The zero-order valence-corrected chi connectivity index (χ0v) is 33.6. The van der Waals surface area contributed by atoms with Crippen molar-refractivity contribution in [1.82, 2.24) is 18.1 Å². The summed E-state index contributed by atoms with van der Waals surface area (Å²) in [7, 11) is 0. The van der Waals surface area contributed by atoms with E-state index < -0.39 is 0 Å². The normalized spacial score (nSPS) is 13.9. The molecule has 276 valence electrons. The first-order valence-electron chi connectivity index (χ1n) is 21.4. The van der Waals surface area contributed by atoms with Crippen LogP contribution in [-0.4, -0.2) is 31.8 Å². The lowest BCUT2D eigenvalue weighted by Gasteiger charge is -2.34. The Hall–Kier alpha value is -7.17. The third kappa shape index (κ3) is 3.19. The van der Waals surface area contributed by atoms with Gasteiger partial charge in [-0.25, -0.2) is 0 Å². The van der Waals surface area contributed by atoms with E-state index in [1.807, 2.05) is 0 Å². The van der Waals surface area contributed by atoms with Crippen LogP contribution in [0.3, 0.4) is 0 Å². The molecule has 0 amide bonds. The van der Waals surface area contributed by atoms with E-state index in [1.165, 1.54) is 154 Å². The summed E-state index contributed by atoms with van der Waals surface area (Å²) in [5.74, 6) is 0. The van der Waals surface area contributed by atoms with Crippen molar-refractivity contribution in [3.05, 3.63) is 156 Å². The molecule has 60 heavy (non-hydrogen) atoms. The number of aromatic nitrogens is 4. The summed E-state index contributed by atoms with van der Waals surface area (Å²) in [6.45, 7) is 8.95. The number of hydrogen-bond acceptors (Lipinski definition) is 0. The lowest BCUT2D eigenvalue weighted by atomic mass is 9.45. The second kappa shape index (κ2) is 9.81. The predicted molar refractivity (Wildman–Crippen MR) is 254 cm³/mol. The zero-order chi connectivity index (χ0) is 39.2. The summed E-state index contributed by atoms with van der Waals surface area (Å²) in [6, 6.07) is 52.3. The van der Waals surface area contributed by atoms with Crippen LogP contribution >= 0.6 is 0 Å². The highest BCUT2D eigenvalue weighted by atomic mass is 15.1. The molecule has 0 bridgehead atoms. The SMILES string of the molecule is Cc1ccc2c(c1)-n1c3cc(C)ccc3c3ccc4c(c31)B2n1c2c-4cccc2c2c1c1cccc3c1n2B1c2ccc(C)cc2-n2c4cc(C)ccc4c4ccc-3c1c42. The number of benzene rings is 8. The van der Waals surface area contributed by atoms with Gasteiger partial charge in [-0.05, 0) is 107 Å². The molecular weight excluding hydrogens is 726 g/mol. The van der Waals surface area contributed by atoms with Crippen molar-refractivity contribution in [3.8, 4) is 33.6 Å². The molecule has 16 rings (SSSR count). The molecule has 0 aliphatic carbocycles. The van der Waals surface area contributed by atoms with Crippen LogP contribution in [0.5, 0.6) is 0 Å². The van der Waals surface area contributed by atoms with Gasteiger partial charge in [0.25, 0.3) is 0 Å². The molecule has 0 unspecified atom stereocenters. The molecule has 0 N–H and O–H groups in total. The van der Waals surface area contributed by atoms with Gasteiger partial charge in [0.15, 0.2) is 0 Å². The van der Waals surface area contributed by atoms with Crippen LogP contribution in [-0.2, 0) is 0 Å². The van der Waals surface area contributed by atoms with E-state index in [0.29, 0.717) is 0 Å². The number of para-hydroxylation sites is 2. The Morgan fingerprint density at radius 2 is 0.750 bits per heavy atom. The quantitative estimate of drug-likeness (QED) is 0.137. The van der Waals surface area contributed by atoms with Gasteiger partial charge in [-0.2, -0.15) is 0 Å². The van der Waals surface area contributed by atoms with Crippen molar-refractivity contribution in [2.24, 2.45) is 0 Å². The molecule has 4 nitrogen and oxygen atoms in total. The van der Waals surface area contributed by atoms with Gasteiger partial charge in [-0.3, -0.25) is 0 Å². The average molecular weight is 761 g/mol. The average Bonchev–Trinajstić information content (AvgIpc) is 3.98. The molecule has 8 heterocycles. The number of rotatable bonds is 0. The Labute approximate surface area is 345 Å². The van der Waals surface area contributed by atoms with Crippen LogP contribution < -0.4 is 21.9 Å². The summed E-state index contributed by atoms with van der Waals surface area (Å²) in [4.78, 5) is 0. The molecule has 0 radical (unpaired) electrons. The predicted octanol–water partition coefficient (Wildman–Crippen LogP) is 10.1. The Morgan fingerprint density at radius 3 is 1.22 bits per heavy atom. The van der Waals surface area contributed by atoms with Gasteiger partial charge in [0.2, 0.25) is 0 Å². The van der Waals surface area contributed by atoms with E-state index >= 15 is 0 Å². The fraction of sp³-hybridized carbons (Fsp3) is 0.0741. The molecule has 0 saturated heterocycles. The smallest absolute Gasteiger partial charge is 0.333 e. The minimum absolute atomic E-state index is 0.0108. The van der Waals surface area contributed by atoms with Crippen molar-refractivity contribution >= 4 is 112 Å². The first-order chi connectivity index (χ1) is 29.4. The Kier molecular flexibility index (Phi) is 5.04. The van der Waals surface area contributed by atoms with E-state index in [-0.39, 0.29) is 13.7 Å². The van der Waals surface area contributed by atoms with E-state index in [0.717, 1.165) is 0 Å². The second-order valence-electron chi connectivity index (χ2n) is 18.3. The van der Waals surface area contributed by atoms with Gasteiger partial charge in [0.05, 0.1) is 33.1 Å². The lowest BCUT2D eigenvalue weighted by molar-refractivity contribution is 1.16. The highest BCUT2D eigenvalue weighted by Gasteiger charge is 2.46. The molecular formula is C54H34B2N4. The summed E-state index contributed by atoms with van der Waals surface area (Å²) >= 11 is 0. The van der Waals surface area contributed by atoms with Gasteiger partial charge < -0.3 is 18.1 Å². The minimum atomic E-state index is 0.0108. The maximum Gasteiger partial charge on any atom is 0.333 e. The summed E-state index contributed by atoms with van der Waals surface area (Å²) in [5, 5.41) is 7.98. The number of aryl methyl sites for hydroxylation is 4. The molecule has 4 aliphatic heterocycles.